The molecule has 1 aromatic heterocycles. The van der Waals surface area contributed by atoms with Crippen molar-refractivity contribution in [2.24, 2.45) is 0 Å². The molecule has 0 spiro atoms. The van der Waals surface area contributed by atoms with Crippen LogP contribution in [0.1, 0.15) is 18.5 Å². The van der Waals surface area contributed by atoms with Gasteiger partial charge in [-0.15, -0.1) is 0 Å². The zero-order chi connectivity index (χ0) is 8.65. The van der Waals surface area contributed by atoms with Gasteiger partial charge < -0.3 is 0 Å². The van der Waals surface area contributed by atoms with E-state index in [2.05, 4.69) is 18.0 Å². The van der Waals surface area contributed by atoms with Crippen molar-refractivity contribution in [2.75, 3.05) is 5.75 Å². The van der Waals surface area contributed by atoms with Gasteiger partial charge in [0.25, 0.3) is 0 Å². The topological polar surface area (TPSA) is 12.9 Å². The molecule has 1 aromatic rings. The Morgan fingerprint density at radius 2 is 2.33 bits per heavy atom. The molecule has 1 rings (SSSR count). The minimum Gasteiger partial charge on any atom is -0.260 e. The maximum atomic E-state index is 4.24. The van der Waals surface area contributed by atoms with Gasteiger partial charge in [-0.25, -0.2) is 0 Å². The highest BCUT2D eigenvalue weighted by Crippen LogP contribution is 2.10. The Kier molecular flexibility index (Phi) is 4.85. The van der Waals surface area contributed by atoms with Crippen molar-refractivity contribution in [1.82, 2.24) is 4.98 Å². The van der Waals surface area contributed by atoms with Gasteiger partial charge in [-0.05, 0) is 24.3 Å². The normalized spacial score (nSPS) is 10.1. The molecular formula is C10H14NS. The van der Waals surface area contributed by atoms with Gasteiger partial charge in [-0.2, -0.15) is 11.8 Å². The van der Waals surface area contributed by atoms with Crippen molar-refractivity contribution >= 4 is 11.8 Å². The number of hydrogen-bond acceptors (Lipinski definition) is 2. The lowest BCUT2D eigenvalue weighted by molar-refractivity contribution is 0.968. The minimum atomic E-state index is 1.03. The molecule has 12 heavy (non-hydrogen) atoms. The number of hydrogen-bond donors (Lipinski definition) is 0. The molecule has 0 saturated heterocycles. The number of pyridine rings is 1. The monoisotopic (exact) mass is 180 g/mol. The predicted molar refractivity (Wildman–Crippen MR) is 55.0 cm³/mol. The van der Waals surface area contributed by atoms with Gasteiger partial charge in [0, 0.05) is 11.9 Å². The molecule has 0 N–H and O–H groups in total. The number of thioether (sulfide) groups is 1. The third-order valence-corrected chi connectivity index (χ3v) is 2.59. The van der Waals surface area contributed by atoms with Crippen LogP contribution in [0.5, 0.6) is 0 Å². The molecule has 0 atom stereocenters. The average molecular weight is 180 g/mol. The van der Waals surface area contributed by atoms with Crippen molar-refractivity contribution < 1.29 is 0 Å². The molecule has 0 aliphatic heterocycles. The van der Waals surface area contributed by atoms with Gasteiger partial charge in [0.05, 0.1) is 5.69 Å². The zero-order valence-corrected chi connectivity index (χ0v) is 8.02. The number of unbranched alkanes of at least 4 members (excludes halogenated alkanes) is 1. The van der Waals surface area contributed by atoms with Gasteiger partial charge in [0.2, 0.25) is 0 Å². The molecule has 1 nitrogen and oxygen atoms in total. The summed E-state index contributed by atoms with van der Waals surface area (Å²) in [6.07, 6.45) is 4.09. The molecule has 2 heteroatoms. The fraction of sp³-hybridized carbons (Fsp3) is 0.400. The molecule has 65 valence electrons. The molecule has 1 radical (unpaired) electrons. The van der Waals surface area contributed by atoms with E-state index in [1.165, 1.54) is 17.9 Å². The summed E-state index contributed by atoms with van der Waals surface area (Å²) in [6.45, 7) is 3.80. The van der Waals surface area contributed by atoms with Crippen LogP contribution in [0.25, 0.3) is 0 Å². The van der Waals surface area contributed by atoms with E-state index in [4.69, 9.17) is 0 Å². The summed E-state index contributed by atoms with van der Waals surface area (Å²) in [5.41, 5.74) is 1.17. The predicted octanol–water partition coefficient (Wildman–Crippen LogP) is 2.93. The first-order chi connectivity index (χ1) is 5.93. The largest absolute Gasteiger partial charge is 0.260 e. The highest BCUT2D eigenvalue weighted by molar-refractivity contribution is 7.98. The number of nitrogens with zero attached hydrogens (tertiary/aromatic N) is 1. The lowest BCUT2D eigenvalue weighted by Gasteiger charge is -1.98. The third-order valence-electron chi connectivity index (χ3n) is 1.51. The highest BCUT2D eigenvalue weighted by atomic mass is 32.2. The summed E-state index contributed by atoms with van der Waals surface area (Å²) in [6, 6.07) is 6.05. The second-order valence-electron chi connectivity index (χ2n) is 2.58. The molecule has 1 heterocycles. The van der Waals surface area contributed by atoms with E-state index < -0.39 is 0 Å². The van der Waals surface area contributed by atoms with Crippen LogP contribution in [-0.2, 0) is 5.75 Å². The summed E-state index contributed by atoms with van der Waals surface area (Å²) in [4.78, 5) is 4.24. The molecule has 0 aliphatic carbocycles. The van der Waals surface area contributed by atoms with E-state index in [0.717, 1.165) is 12.2 Å². The van der Waals surface area contributed by atoms with E-state index in [1.54, 1.807) is 0 Å². The summed E-state index contributed by atoms with van der Waals surface area (Å²) in [5, 5.41) is 0. The maximum Gasteiger partial charge on any atom is 0.0502 e. The van der Waals surface area contributed by atoms with Crippen molar-refractivity contribution in [3.63, 3.8) is 0 Å². The Labute approximate surface area is 78.6 Å². The standard InChI is InChI=1S/C10H14NS/c1-2-3-8-12-9-10-6-4-5-7-11-10/h4-7H,1-3,8-9H2. The third kappa shape index (κ3) is 3.77. The van der Waals surface area contributed by atoms with Crippen molar-refractivity contribution in [2.45, 2.75) is 18.6 Å². The lowest BCUT2D eigenvalue weighted by Crippen LogP contribution is -1.86. The van der Waals surface area contributed by atoms with Crippen LogP contribution in [0.2, 0.25) is 0 Å². The molecule has 0 bridgehead atoms. The van der Waals surface area contributed by atoms with Gasteiger partial charge in [-0.1, -0.05) is 19.4 Å². The Morgan fingerprint density at radius 3 is 3.00 bits per heavy atom. The fourth-order valence-corrected chi connectivity index (χ4v) is 1.80. The van der Waals surface area contributed by atoms with Crippen LogP contribution in [0, 0.1) is 6.92 Å². The quantitative estimate of drug-likeness (QED) is 0.646. The summed E-state index contributed by atoms with van der Waals surface area (Å²) in [5.74, 6) is 2.22. The van der Waals surface area contributed by atoms with Crippen LogP contribution in [0.15, 0.2) is 24.4 Å². The van der Waals surface area contributed by atoms with Crippen LogP contribution in [0.3, 0.4) is 0 Å². The first-order valence-electron chi connectivity index (χ1n) is 4.20. The molecule has 0 amide bonds. The Morgan fingerprint density at radius 1 is 1.42 bits per heavy atom. The SMILES string of the molecule is [CH2]CCCSCc1ccccn1. The Bertz CT molecular complexity index is 198. The summed E-state index contributed by atoms with van der Waals surface area (Å²) < 4.78 is 0. The zero-order valence-electron chi connectivity index (χ0n) is 7.20. The first-order valence-corrected chi connectivity index (χ1v) is 5.36. The molecule has 0 aromatic carbocycles. The second-order valence-corrected chi connectivity index (χ2v) is 3.69. The van der Waals surface area contributed by atoms with E-state index >= 15 is 0 Å². The van der Waals surface area contributed by atoms with Crippen LogP contribution >= 0.6 is 11.8 Å². The van der Waals surface area contributed by atoms with Gasteiger partial charge in [-0.3, -0.25) is 4.98 Å². The molecular weight excluding hydrogens is 166 g/mol. The summed E-state index contributed by atoms with van der Waals surface area (Å²) in [7, 11) is 0. The van der Waals surface area contributed by atoms with E-state index in [9.17, 15) is 0 Å². The van der Waals surface area contributed by atoms with E-state index in [1.807, 2.05) is 30.1 Å². The van der Waals surface area contributed by atoms with Gasteiger partial charge >= 0.3 is 0 Å². The fourth-order valence-electron chi connectivity index (χ4n) is 0.864. The summed E-state index contributed by atoms with van der Waals surface area (Å²) >= 11 is 1.93. The van der Waals surface area contributed by atoms with Crippen molar-refractivity contribution in [1.29, 1.82) is 0 Å². The van der Waals surface area contributed by atoms with Crippen molar-refractivity contribution in [3.05, 3.63) is 37.0 Å². The smallest absolute Gasteiger partial charge is 0.0502 e. The van der Waals surface area contributed by atoms with Crippen molar-refractivity contribution in [3.8, 4) is 0 Å². The van der Waals surface area contributed by atoms with Gasteiger partial charge in [0.1, 0.15) is 0 Å². The van der Waals surface area contributed by atoms with Crippen LogP contribution in [0.4, 0.5) is 0 Å². The van der Waals surface area contributed by atoms with Gasteiger partial charge in [0.15, 0.2) is 0 Å². The Hall–Kier alpha value is -0.500. The maximum absolute atomic E-state index is 4.24. The van der Waals surface area contributed by atoms with E-state index in [0.29, 0.717) is 0 Å². The number of aromatic nitrogens is 1. The minimum absolute atomic E-state index is 1.03. The Balaban J connectivity index is 2.16. The molecule has 0 fully saturated rings. The average Bonchev–Trinajstić information content (AvgIpc) is 2.14. The van der Waals surface area contributed by atoms with Crippen LogP contribution in [-0.4, -0.2) is 10.7 Å². The lowest BCUT2D eigenvalue weighted by atomic mass is 10.4. The van der Waals surface area contributed by atoms with E-state index in [-0.39, 0.29) is 0 Å². The molecule has 0 saturated carbocycles. The number of rotatable bonds is 5. The van der Waals surface area contributed by atoms with Crippen LogP contribution < -0.4 is 0 Å². The first kappa shape index (κ1) is 9.59. The second kappa shape index (κ2) is 6.06. The molecule has 0 unspecified atom stereocenters. The molecule has 0 aliphatic rings. The highest BCUT2D eigenvalue weighted by Gasteiger charge is 1.92.